The van der Waals surface area contributed by atoms with Crippen molar-refractivity contribution in [3.63, 3.8) is 0 Å². The molecule has 0 bridgehead atoms. The first-order valence-corrected chi connectivity index (χ1v) is 7.07. The van der Waals surface area contributed by atoms with E-state index in [1.807, 2.05) is 31.2 Å². The number of ether oxygens (including phenoxy) is 1. The van der Waals surface area contributed by atoms with Crippen molar-refractivity contribution in [2.24, 2.45) is 11.1 Å². The van der Waals surface area contributed by atoms with E-state index in [-0.39, 0.29) is 11.3 Å². The van der Waals surface area contributed by atoms with Gasteiger partial charge in [-0.1, -0.05) is 32.9 Å². The van der Waals surface area contributed by atoms with Gasteiger partial charge in [-0.25, -0.2) is 0 Å². The van der Waals surface area contributed by atoms with Gasteiger partial charge in [-0.05, 0) is 36.5 Å². The van der Waals surface area contributed by atoms with E-state index in [0.29, 0.717) is 13.2 Å². The third kappa shape index (κ3) is 3.95. The third-order valence-corrected chi connectivity index (χ3v) is 3.97. The molecule has 0 saturated carbocycles. The third-order valence-electron chi connectivity index (χ3n) is 3.97. The van der Waals surface area contributed by atoms with Gasteiger partial charge in [0, 0.05) is 12.5 Å². The summed E-state index contributed by atoms with van der Waals surface area (Å²) in [5, 5.41) is 10.6. The molecule has 1 aromatic carbocycles. The zero-order valence-corrected chi connectivity index (χ0v) is 12.5. The van der Waals surface area contributed by atoms with Crippen LogP contribution in [-0.2, 0) is 0 Å². The van der Waals surface area contributed by atoms with E-state index in [9.17, 15) is 5.11 Å². The summed E-state index contributed by atoms with van der Waals surface area (Å²) in [6.07, 6.45) is 0.474. The molecule has 3 N–H and O–H groups in total. The van der Waals surface area contributed by atoms with Crippen molar-refractivity contribution >= 4 is 0 Å². The average molecular weight is 265 g/mol. The standard InChI is InChI=1S/C16H27NO2/c1-5-16(3,4)15(18)14(11-17)12-7-9-13(10-8-12)19-6-2/h7-10,14-15,18H,5-6,11,17H2,1-4H3. The smallest absolute Gasteiger partial charge is 0.119 e. The van der Waals surface area contributed by atoms with Crippen LogP contribution < -0.4 is 10.5 Å². The molecule has 0 heterocycles. The van der Waals surface area contributed by atoms with Crippen molar-refractivity contribution in [3.8, 4) is 5.75 Å². The van der Waals surface area contributed by atoms with E-state index in [4.69, 9.17) is 10.5 Å². The minimum absolute atomic E-state index is 0.0365. The van der Waals surface area contributed by atoms with Crippen LogP contribution in [0.25, 0.3) is 0 Å². The minimum atomic E-state index is -0.444. The van der Waals surface area contributed by atoms with Crippen LogP contribution in [-0.4, -0.2) is 24.4 Å². The van der Waals surface area contributed by atoms with E-state index in [2.05, 4.69) is 20.8 Å². The Bertz CT molecular complexity index is 373. The maximum atomic E-state index is 10.6. The number of hydrogen-bond donors (Lipinski definition) is 2. The Morgan fingerprint density at radius 1 is 1.21 bits per heavy atom. The predicted octanol–water partition coefficient (Wildman–Crippen LogP) is 2.92. The van der Waals surface area contributed by atoms with Gasteiger partial charge in [0.25, 0.3) is 0 Å². The van der Waals surface area contributed by atoms with E-state index >= 15 is 0 Å². The van der Waals surface area contributed by atoms with Gasteiger partial charge in [-0.15, -0.1) is 0 Å². The van der Waals surface area contributed by atoms with Gasteiger partial charge in [0.2, 0.25) is 0 Å². The zero-order valence-electron chi connectivity index (χ0n) is 12.5. The molecule has 3 nitrogen and oxygen atoms in total. The van der Waals surface area contributed by atoms with Gasteiger partial charge in [0.05, 0.1) is 12.7 Å². The predicted molar refractivity (Wildman–Crippen MR) is 79.5 cm³/mol. The van der Waals surface area contributed by atoms with Crippen molar-refractivity contribution in [1.29, 1.82) is 0 Å². The van der Waals surface area contributed by atoms with Crippen LogP contribution in [0, 0.1) is 5.41 Å². The zero-order chi connectivity index (χ0) is 14.5. The molecule has 0 fully saturated rings. The number of aliphatic hydroxyl groups is 1. The summed E-state index contributed by atoms with van der Waals surface area (Å²) in [5.41, 5.74) is 6.80. The monoisotopic (exact) mass is 265 g/mol. The van der Waals surface area contributed by atoms with Crippen LogP contribution in [0.2, 0.25) is 0 Å². The maximum Gasteiger partial charge on any atom is 0.119 e. The fraction of sp³-hybridized carbons (Fsp3) is 0.625. The summed E-state index contributed by atoms with van der Waals surface area (Å²) in [4.78, 5) is 0. The topological polar surface area (TPSA) is 55.5 Å². The van der Waals surface area contributed by atoms with Crippen molar-refractivity contribution in [1.82, 2.24) is 0 Å². The highest BCUT2D eigenvalue weighted by Gasteiger charge is 2.32. The molecule has 0 amide bonds. The van der Waals surface area contributed by atoms with Crippen LogP contribution in [0.15, 0.2) is 24.3 Å². The Morgan fingerprint density at radius 2 is 1.79 bits per heavy atom. The van der Waals surface area contributed by atoms with Gasteiger partial charge < -0.3 is 15.6 Å². The molecule has 0 spiro atoms. The largest absolute Gasteiger partial charge is 0.494 e. The van der Waals surface area contributed by atoms with Crippen LogP contribution >= 0.6 is 0 Å². The molecular weight excluding hydrogens is 238 g/mol. The second-order valence-corrected chi connectivity index (χ2v) is 5.63. The van der Waals surface area contributed by atoms with E-state index in [1.54, 1.807) is 0 Å². The number of hydrogen-bond acceptors (Lipinski definition) is 3. The average Bonchev–Trinajstić information content (AvgIpc) is 2.41. The van der Waals surface area contributed by atoms with Crippen molar-refractivity contribution in [2.45, 2.75) is 46.1 Å². The lowest BCUT2D eigenvalue weighted by atomic mass is 9.75. The Hall–Kier alpha value is -1.06. The Kier molecular flexibility index (Phi) is 5.83. The lowest BCUT2D eigenvalue weighted by Crippen LogP contribution is -2.37. The molecule has 3 heteroatoms. The van der Waals surface area contributed by atoms with Gasteiger partial charge in [-0.2, -0.15) is 0 Å². The molecule has 0 saturated heterocycles. The van der Waals surface area contributed by atoms with Crippen LogP contribution in [0.1, 0.15) is 45.6 Å². The molecule has 19 heavy (non-hydrogen) atoms. The highest BCUT2D eigenvalue weighted by atomic mass is 16.5. The fourth-order valence-electron chi connectivity index (χ4n) is 2.18. The molecule has 1 aromatic rings. The Morgan fingerprint density at radius 3 is 2.21 bits per heavy atom. The number of aliphatic hydroxyl groups excluding tert-OH is 1. The van der Waals surface area contributed by atoms with Crippen molar-refractivity contribution < 1.29 is 9.84 Å². The van der Waals surface area contributed by atoms with Crippen LogP contribution in [0.4, 0.5) is 0 Å². The summed E-state index contributed by atoms with van der Waals surface area (Å²) in [6, 6.07) is 7.87. The molecule has 0 aliphatic carbocycles. The molecular formula is C16H27NO2. The van der Waals surface area contributed by atoms with Crippen molar-refractivity contribution in [2.75, 3.05) is 13.2 Å². The number of benzene rings is 1. The molecule has 0 aliphatic rings. The summed E-state index contributed by atoms with van der Waals surface area (Å²) in [5.74, 6) is 0.817. The van der Waals surface area contributed by atoms with Gasteiger partial charge in [0.15, 0.2) is 0 Å². The fourth-order valence-corrected chi connectivity index (χ4v) is 2.18. The SMILES string of the molecule is CCOc1ccc(C(CN)C(O)C(C)(C)CC)cc1. The Balaban J connectivity index is 2.90. The van der Waals surface area contributed by atoms with Crippen LogP contribution in [0.3, 0.4) is 0 Å². The highest BCUT2D eigenvalue weighted by molar-refractivity contribution is 5.30. The molecule has 108 valence electrons. The minimum Gasteiger partial charge on any atom is -0.494 e. The summed E-state index contributed by atoms with van der Waals surface area (Å²) in [7, 11) is 0. The highest BCUT2D eigenvalue weighted by Crippen LogP contribution is 2.34. The molecule has 1 rings (SSSR count). The summed E-state index contributed by atoms with van der Waals surface area (Å²) < 4.78 is 5.43. The summed E-state index contributed by atoms with van der Waals surface area (Å²) >= 11 is 0. The second-order valence-electron chi connectivity index (χ2n) is 5.63. The second kappa shape index (κ2) is 6.92. The van der Waals surface area contributed by atoms with Crippen LogP contribution in [0.5, 0.6) is 5.75 Å². The first-order chi connectivity index (χ1) is 8.96. The normalized spacial score (nSPS) is 15.1. The van der Waals surface area contributed by atoms with E-state index in [0.717, 1.165) is 17.7 Å². The van der Waals surface area contributed by atoms with Gasteiger partial charge in [-0.3, -0.25) is 0 Å². The lowest BCUT2D eigenvalue weighted by molar-refractivity contribution is 0.0264. The van der Waals surface area contributed by atoms with Gasteiger partial charge in [0.1, 0.15) is 5.75 Å². The summed E-state index contributed by atoms with van der Waals surface area (Å²) in [6.45, 7) is 9.31. The molecule has 2 unspecified atom stereocenters. The van der Waals surface area contributed by atoms with Crippen molar-refractivity contribution in [3.05, 3.63) is 29.8 Å². The maximum absolute atomic E-state index is 10.6. The quantitative estimate of drug-likeness (QED) is 0.797. The van der Waals surface area contributed by atoms with Gasteiger partial charge >= 0.3 is 0 Å². The van der Waals surface area contributed by atoms with E-state index in [1.165, 1.54) is 0 Å². The first kappa shape index (κ1) is 16.0. The van der Waals surface area contributed by atoms with E-state index < -0.39 is 6.10 Å². The molecule has 2 atom stereocenters. The molecule has 0 aliphatic heterocycles. The Labute approximate surface area is 116 Å². The lowest BCUT2D eigenvalue weighted by Gasteiger charge is -2.35. The number of nitrogens with two attached hydrogens (primary N) is 1. The molecule has 0 radical (unpaired) electrons. The molecule has 0 aromatic heterocycles. The number of rotatable bonds is 7. The first-order valence-electron chi connectivity index (χ1n) is 7.07.